The van der Waals surface area contributed by atoms with Crippen LogP contribution in [0.2, 0.25) is 0 Å². The second kappa shape index (κ2) is 3.86. The van der Waals surface area contributed by atoms with Crippen LogP contribution >= 0.6 is 0 Å². The number of nitro groups is 1. The van der Waals surface area contributed by atoms with Crippen molar-refractivity contribution in [1.29, 1.82) is 0 Å². The normalized spacial score (nSPS) is 9.71. The number of fused-ring (bicyclic) bond motifs is 1. The molecule has 0 aliphatic carbocycles. The first-order chi connectivity index (χ1) is 6.20. The van der Waals surface area contributed by atoms with Gasteiger partial charge in [-0.25, -0.2) is 5.10 Å². The summed E-state index contributed by atoms with van der Waals surface area (Å²) in [6, 6.07) is 0. The molecule has 8 nitrogen and oxygen atoms in total. The van der Waals surface area contributed by atoms with Gasteiger partial charge in [0.1, 0.15) is 0 Å². The fourth-order valence-corrected chi connectivity index (χ4v) is 0.875. The Morgan fingerprint density at radius 1 is 1.57 bits per heavy atom. The average molecular weight is 203 g/mol. The monoisotopic (exact) mass is 203 g/mol. The third kappa shape index (κ3) is 1.54. The molecule has 0 amide bonds. The van der Waals surface area contributed by atoms with Crippen LogP contribution in [-0.2, 0) is 0 Å². The van der Waals surface area contributed by atoms with Crippen molar-refractivity contribution >= 4 is 11.5 Å². The molecule has 0 bridgehead atoms. The first kappa shape index (κ1) is 10.8. The molecule has 0 radical (unpaired) electrons. The van der Waals surface area contributed by atoms with E-state index in [0.717, 1.165) is 17.0 Å². The van der Waals surface area contributed by atoms with Gasteiger partial charge in [0, 0.05) is 12.0 Å². The van der Waals surface area contributed by atoms with Gasteiger partial charge in [-0.3, -0.25) is 19.4 Å². The maximum Gasteiger partial charge on any atom is 1.00 e. The molecule has 0 saturated carbocycles. The number of nitrogens with zero attached hydrogens (tertiary/aromatic N) is 5. The SMILES string of the molecule is O=c1c([N+](=O)[O-])c[n-]c2ncnn12.[Na+]. The van der Waals surface area contributed by atoms with Crippen LogP contribution in [-0.4, -0.2) is 19.5 Å². The molecular weight excluding hydrogens is 201 g/mol. The van der Waals surface area contributed by atoms with E-state index in [1.807, 2.05) is 0 Å². The Hall–Kier alpha value is -1.25. The standard InChI is InChI=1S/C5H3N5O3.Na/c11-4-3(10(12)13)1-6-5-7-2-8-9(4)5;/h1-2H,(H,6,7,8,11);/q;+1/p-1. The maximum absolute atomic E-state index is 11.2. The van der Waals surface area contributed by atoms with E-state index in [2.05, 4.69) is 15.1 Å². The summed E-state index contributed by atoms with van der Waals surface area (Å²) in [5, 5.41) is 13.8. The Kier molecular flexibility index (Phi) is 2.99. The zero-order valence-electron chi connectivity index (χ0n) is 7.12. The molecule has 0 aliphatic rings. The van der Waals surface area contributed by atoms with E-state index < -0.39 is 16.2 Å². The van der Waals surface area contributed by atoms with Gasteiger partial charge < -0.3 is 9.97 Å². The maximum atomic E-state index is 11.2. The van der Waals surface area contributed by atoms with Gasteiger partial charge in [0.15, 0.2) is 0 Å². The Balaban J connectivity index is 0.000000980. The Morgan fingerprint density at radius 2 is 2.29 bits per heavy atom. The van der Waals surface area contributed by atoms with Crippen molar-refractivity contribution in [2.45, 2.75) is 0 Å². The van der Waals surface area contributed by atoms with Gasteiger partial charge in [0.25, 0.3) is 5.56 Å². The number of rotatable bonds is 1. The largest absolute Gasteiger partial charge is 1.00 e. The fourth-order valence-electron chi connectivity index (χ4n) is 0.875. The molecule has 2 rings (SSSR count). The van der Waals surface area contributed by atoms with Gasteiger partial charge in [0.05, 0.1) is 11.3 Å². The van der Waals surface area contributed by atoms with Crippen LogP contribution in [0.15, 0.2) is 17.3 Å². The van der Waals surface area contributed by atoms with Gasteiger partial charge in [-0.2, -0.15) is 0 Å². The summed E-state index contributed by atoms with van der Waals surface area (Å²) in [6.45, 7) is 0. The molecule has 14 heavy (non-hydrogen) atoms. The number of aromatic nitrogens is 4. The van der Waals surface area contributed by atoms with Crippen molar-refractivity contribution in [3.05, 3.63) is 33.0 Å². The van der Waals surface area contributed by atoms with E-state index >= 15 is 0 Å². The summed E-state index contributed by atoms with van der Waals surface area (Å²) >= 11 is 0. The smallest absolute Gasteiger partial charge is 0.358 e. The topological polar surface area (TPSA) is 104 Å². The van der Waals surface area contributed by atoms with E-state index in [4.69, 9.17) is 0 Å². The molecule has 0 spiro atoms. The van der Waals surface area contributed by atoms with Crippen LogP contribution in [0.1, 0.15) is 0 Å². The minimum atomic E-state index is -0.826. The van der Waals surface area contributed by atoms with Crippen molar-refractivity contribution in [3.8, 4) is 0 Å². The zero-order chi connectivity index (χ0) is 9.42. The third-order valence-corrected chi connectivity index (χ3v) is 1.44. The molecule has 0 atom stereocenters. The Morgan fingerprint density at radius 3 is 2.93 bits per heavy atom. The first-order valence-electron chi connectivity index (χ1n) is 3.20. The summed E-state index contributed by atoms with van der Waals surface area (Å²) in [6.07, 6.45) is 1.97. The van der Waals surface area contributed by atoms with Crippen LogP contribution in [0.4, 0.5) is 5.69 Å². The molecular formula is C5H2N5NaO3. The minimum Gasteiger partial charge on any atom is -0.358 e. The zero-order valence-corrected chi connectivity index (χ0v) is 9.12. The van der Waals surface area contributed by atoms with Crippen molar-refractivity contribution in [2.24, 2.45) is 0 Å². The van der Waals surface area contributed by atoms with E-state index in [1.54, 1.807) is 0 Å². The van der Waals surface area contributed by atoms with Crippen molar-refractivity contribution in [3.63, 3.8) is 0 Å². The Labute approximate surface area is 98.4 Å². The molecule has 0 saturated heterocycles. The summed E-state index contributed by atoms with van der Waals surface area (Å²) in [5.74, 6) is 0.0515. The molecule has 2 heterocycles. The quantitative estimate of drug-likeness (QED) is 0.265. The van der Waals surface area contributed by atoms with Crippen LogP contribution in [0.5, 0.6) is 0 Å². The molecule has 2 aromatic heterocycles. The van der Waals surface area contributed by atoms with Crippen LogP contribution in [0.25, 0.3) is 5.78 Å². The Bertz CT molecular complexity index is 531. The van der Waals surface area contributed by atoms with Gasteiger partial charge >= 0.3 is 35.2 Å². The second-order valence-electron chi connectivity index (χ2n) is 2.18. The molecule has 0 aromatic carbocycles. The van der Waals surface area contributed by atoms with Gasteiger partial charge in [-0.15, -0.1) is 0 Å². The van der Waals surface area contributed by atoms with E-state index in [9.17, 15) is 14.9 Å². The minimum absolute atomic E-state index is 0. The molecule has 0 unspecified atom stereocenters. The first-order valence-corrected chi connectivity index (χ1v) is 3.20. The molecule has 0 aliphatic heterocycles. The van der Waals surface area contributed by atoms with Gasteiger partial charge in [0.2, 0.25) is 0 Å². The van der Waals surface area contributed by atoms with Gasteiger partial charge in [-0.1, -0.05) is 0 Å². The van der Waals surface area contributed by atoms with Crippen molar-refractivity contribution < 1.29 is 34.5 Å². The summed E-state index contributed by atoms with van der Waals surface area (Å²) in [4.78, 5) is 27.9. The van der Waals surface area contributed by atoms with E-state index in [0.29, 0.717) is 0 Å². The molecule has 2 aromatic rings. The van der Waals surface area contributed by atoms with Crippen LogP contribution < -0.4 is 40.1 Å². The average Bonchev–Trinajstić information content (AvgIpc) is 2.52. The second-order valence-corrected chi connectivity index (χ2v) is 2.18. The molecule has 9 heteroatoms. The number of hydrogen-bond donors (Lipinski definition) is 0. The van der Waals surface area contributed by atoms with Crippen LogP contribution in [0.3, 0.4) is 0 Å². The van der Waals surface area contributed by atoms with E-state index in [1.165, 1.54) is 0 Å². The molecule has 0 fully saturated rings. The third-order valence-electron chi connectivity index (χ3n) is 1.44. The fraction of sp³-hybridized carbons (Fsp3) is 0. The molecule has 0 N–H and O–H groups in total. The van der Waals surface area contributed by atoms with Crippen molar-refractivity contribution in [2.75, 3.05) is 0 Å². The van der Waals surface area contributed by atoms with E-state index in [-0.39, 0.29) is 35.3 Å². The van der Waals surface area contributed by atoms with Gasteiger partial charge in [-0.05, 0) is 0 Å². The summed E-state index contributed by atoms with van der Waals surface area (Å²) in [7, 11) is 0. The van der Waals surface area contributed by atoms with Crippen molar-refractivity contribution in [1.82, 2.24) is 19.6 Å². The summed E-state index contributed by atoms with van der Waals surface area (Å²) in [5.41, 5.74) is -1.44. The predicted molar refractivity (Wildman–Crippen MR) is 39.2 cm³/mol. The molecule has 66 valence electrons. The van der Waals surface area contributed by atoms with Crippen LogP contribution in [0, 0.1) is 10.1 Å². The predicted octanol–water partition coefficient (Wildman–Crippen LogP) is -4.04. The summed E-state index contributed by atoms with van der Waals surface area (Å²) < 4.78 is 0.776. The number of hydrogen-bond acceptors (Lipinski definition) is 5.